The lowest BCUT2D eigenvalue weighted by molar-refractivity contribution is 0.940. The largest absolute Gasteiger partial charge is 0.370 e. The molecule has 0 unspecified atom stereocenters. The summed E-state index contributed by atoms with van der Waals surface area (Å²) in [5.74, 6) is 1.58. The van der Waals surface area contributed by atoms with Gasteiger partial charge in [0.15, 0.2) is 0 Å². The molecule has 0 radical (unpaired) electrons. The smallest absolute Gasteiger partial charge is 0.130 e. The molecule has 88 valence electrons. The molecule has 2 rings (SSSR count). The van der Waals surface area contributed by atoms with Gasteiger partial charge in [-0.25, -0.2) is 9.97 Å². The molecule has 1 N–H and O–H groups in total. The molecule has 0 amide bonds. The van der Waals surface area contributed by atoms with Crippen LogP contribution < -0.4 is 5.32 Å². The molecule has 2 aromatic heterocycles. The van der Waals surface area contributed by atoms with E-state index in [0.29, 0.717) is 0 Å². The molecule has 5 heteroatoms. The molecule has 2 aromatic rings. The highest BCUT2D eigenvalue weighted by Gasteiger charge is 1.99. The van der Waals surface area contributed by atoms with Gasteiger partial charge in [0.1, 0.15) is 16.2 Å². The van der Waals surface area contributed by atoms with Crippen molar-refractivity contribution < 1.29 is 0 Å². The molecule has 0 spiro atoms. The van der Waals surface area contributed by atoms with E-state index in [-0.39, 0.29) is 0 Å². The molecule has 4 nitrogen and oxygen atoms in total. The van der Waals surface area contributed by atoms with Crippen LogP contribution in [-0.4, -0.2) is 21.5 Å². The predicted molar refractivity (Wildman–Crippen MR) is 70.9 cm³/mol. The summed E-state index contributed by atoms with van der Waals surface area (Å²) >= 11 is 3.35. The molecule has 0 aromatic carbocycles. The van der Waals surface area contributed by atoms with Crippen molar-refractivity contribution in [3.63, 3.8) is 0 Å². The number of hydrogen-bond acceptors (Lipinski definition) is 4. The molecule has 0 bridgehead atoms. The van der Waals surface area contributed by atoms with E-state index in [4.69, 9.17) is 0 Å². The highest BCUT2D eigenvalue weighted by molar-refractivity contribution is 9.10. The lowest BCUT2D eigenvalue weighted by atomic mass is 10.3. The van der Waals surface area contributed by atoms with Gasteiger partial charge in [0.25, 0.3) is 0 Å². The maximum absolute atomic E-state index is 4.29. The van der Waals surface area contributed by atoms with Crippen molar-refractivity contribution >= 4 is 21.7 Å². The average molecular weight is 293 g/mol. The quantitative estimate of drug-likeness (QED) is 0.880. The van der Waals surface area contributed by atoms with E-state index < -0.39 is 0 Å². The Morgan fingerprint density at radius 2 is 2.18 bits per heavy atom. The Bertz CT molecular complexity index is 467. The fourth-order valence-electron chi connectivity index (χ4n) is 1.49. The minimum absolute atomic E-state index is 0.750. The number of nitrogens with zero attached hydrogens (tertiary/aromatic N) is 3. The van der Waals surface area contributed by atoms with Gasteiger partial charge in [-0.05, 0) is 35.0 Å². The van der Waals surface area contributed by atoms with Crippen molar-refractivity contribution in [1.29, 1.82) is 0 Å². The van der Waals surface area contributed by atoms with E-state index in [1.54, 1.807) is 6.20 Å². The van der Waals surface area contributed by atoms with Gasteiger partial charge in [-0.3, -0.25) is 4.98 Å². The van der Waals surface area contributed by atoms with Gasteiger partial charge < -0.3 is 5.32 Å². The van der Waals surface area contributed by atoms with Crippen LogP contribution in [0.15, 0.2) is 35.1 Å². The fraction of sp³-hybridized carbons (Fsp3) is 0.250. The third-order valence-corrected chi connectivity index (χ3v) is 2.63. The number of nitrogens with one attached hydrogen (secondary N) is 1. The molecular weight excluding hydrogens is 280 g/mol. The summed E-state index contributed by atoms with van der Waals surface area (Å²) in [4.78, 5) is 12.7. The summed E-state index contributed by atoms with van der Waals surface area (Å²) in [6.45, 7) is 2.68. The molecule has 0 saturated carbocycles. The Kier molecular flexibility index (Phi) is 4.03. The average Bonchev–Trinajstić information content (AvgIpc) is 2.29. The van der Waals surface area contributed by atoms with E-state index in [2.05, 4.69) is 36.2 Å². The van der Waals surface area contributed by atoms with Gasteiger partial charge in [-0.15, -0.1) is 0 Å². The first-order valence-electron chi connectivity index (χ1n) is 5.39. The van der Waals surface area contributed by atoms with Crippen LogP contribution in [0.3, 0.4) is 0 Å². The van der Waals surface area contributed by atoms with Crippen molar-refractivity contribution in [1.82, 2.24) is 15.0 Å². The molecule has 2 heterocycles. The number of anilines is 1. The van der Waals surface area contributed by atoms with E-state index in [1.165, 1.54) is 0 Å². The van der Waals surface area contributed by atoms with Gasteiger partial charge >= 0.3 is 0 Å². The van der Waals surface area contributed by atoms with Crippen LogP contribution in [0.25, 0.3) is 0 Å². The fourth-order valence-corrected chi connectivity index (χ4v) is 1.96. The molecular formula is C12H13BrN4. The first-order valence-corrected chi connectivity index (χ1v) is 6.18. The zero-order chi connectivity index (χ0) is 12.1. The molecule has 17 heavy (non-hydrogen) atoms. The highest BCUT2D eigenvalue weighted by Crippen LogP contribution is 2.11. The van der Waals surface area contributed by atoms with Crippen molar-refractivity contribution in [3.8, 4) is 0 Å². The van der Waals surface area contributed by atoms with Crippen molar-refractivity contribution in [3.05, 3.63) is 46.6 Å². The second-order valence-corrected chi connectivity index (χ2v) is 4.43. The lowest BCUT2D eigenvalue weighted by Crippen LogP contribution is -2.08. The predicted octanol–water partition coefficient (Wildman–Crippen LogP) is 2.60. The Morgan fingerprint density at radius 3 is 2.88 bits per heavy atom. The van der Waals surface area contributed by atoms with Crippen molar-refractivity contribution in [2.45, 2.75) is 13.3 Å². The Hall–Kier alpha value is -1.49. The Balaban J connectivity index is 1.90. The van der Waals surface area contributed by atoms with Crippen LogP contribution in [0, 0.1) is 6.92 Å². The van der Waals surface area contributed by atoms with Crippen LogP contribution in [-0.2, 0) is 6.42 Å². The maximum Gasteiger partial charge on any atom is 0.130 e. The minimum Gasteiger partial charge on any atom is -0.370 e. The molecule has 0 aliphatic rings. The first-order chi connectivity index (χ1) is 8.24. The third-order valence-electron chi connectivity index (χ3n) is 2.22. The topological polar surface area (TPSA) is 50.7 Å². The van der Waals surface area contributed by atoms with Crippen molar-refractivity contribution in [2.75, 3.05) is 11.9 Å². The van der Waals surface area contributed by atoms with Crippen LogP contribution in [0.4, 0.5) is 5.82 Å². The summed E-state index contributed by atoms with van der Waals surface area (Å²) in [6, 6.07) is 7.80. The summed E-state index contributed by atoms with van der Waals surface area (Å²) in [5, 5.41) is 3.25. The number of aryl methyl sites for hydroxylation is 1. The second-order valence-electron chi connectivity index (χ2n) is 3.62. The number of hydrogen-bond donors (Lipinski definition) is 1. The van der Waals surface area contributed by atoms with E-state index in [0.717, 1.165) is 34.9 Å². The summed E-state index contributed by atoms with van der Waals surface area (Å²) in [6.07, 6.45) is 2.68. The van der Waals surface area contributed by atoms with Crippen LogP contribution in [0.2, 0.25) is 0 Å². The van der Waals surface area contributed by atoms with Gasteiger partial charge in [-0.2, -0.15) is 0 Å². The second kappa shape index (κ2) is 5.72. The lowest BCUT2D eigenvalue weighted by Gasteiger charge is -2.06. The summed E-state index contributed by atoms with van der Waals surface area (Å²) in [5.41, 5.74) is 1.07. The maximum atomic E-state index is 4.29. The van der Waals surface area contributed by atoms with E-state index in [1.807, 2.05) is 31.2 Å². The zero-order valence-electron chi connectivity index (χ0n) is 9.52. The molecule has 0 atom stereocenters. The molecule has 0 aliphatic carbocycles. The monoisotopic (exact) mass is 292 g/mol. The minimum atomic E-state index is 0.750. The van der Waals surface area contributed by atoms with Crippen LogP contribution >= 0.6 is 15.9 Å². The SMILES string of the molecule is Cc1nc(Br)cc(NCCc2ccccn2)n1. The van der Waals surface area contributed by atoms with Gasteiger partial charge in [0.2, 0.25) is 0 Å². The van der Waals surface area contributed by atoms with E-state index >= 15 is 0 Å². The highest BCUT2D eigenvalue weighted by atomic mass is 79.9. The number of halogens is 1. The number of pyridine rings is 1. The van der Waals surface area contributed by atoms with Crippen LogP contribution in [0.5, 0.6) is 0 Å². The van der Waals surface area contributed by atoms with Gasteiger partial charge in [0.05, 0.1) is 0 Å². The van der Waals surface area contributed by atoms with Gasteiger partial charge in [0, 0.05) is 30.9 Å². The Morgan fingerprint density at radius 1 is 1.29 bits per heavy atom. The Labute approximate surface area is 109 Å². The summed E-state index contributed by atoms with van der Waals surface area (Å²) < 4.78 is 0.797. The standard InChI is InChI=1S/C12H13BrN4/c1-9-16-11(13)8-12(17-9)15-7-5-10-4-2-3-6-14-10/h2-4,6,8H,5,7H2,1H3,(H,15,16,17). The van der Waals surface area contributed by atoms with Crippen molar-refractivity contribution in [2.24, 2.45) is 0 Å². The first kappa shape index (κ1) is 12.0. The van der Waals surface area contributed by atoms with Gasteiger partial charge in [-0.1, -0.05) is 6.07 Å². The normalized spacial score (nSPS) is 10.2. The number of rotatable bonds is 4. The number of aromatic nitrogens is 3. The van der Waals surface area contributed by atoms with E-state index in [9.17, 15) is 0 Å². The molecule has 0 saturated heterocycles. The third kappa shape index (κ3) is 3.78. The molecule has 0 aliphatic heterocycles. The van der Waals surface area contributed by atoms with Crippen LogP contribution in [0.1, 0.15) is 11.5 Å². The molecule has 0 fully saturated rings. The zero-order valence-corrected chi connectivity index (χ0v) is 11.1. The summed E-state index contributed by atoms with van der Waals surface area (Å²) in [7, 11) is 0.